The Hall–Kier alpha value is -4.18. The number of anilines is 1. The van der Waals surface area contributed by atoms with Crippen LogP contribution in [0.15, 0.2) is 60.9 Å². The van der Waals surface area contributed by atoms with Crippen LogP contribution in [0, 0.1) is 0 Å². The summed E-state index contributed by atoms with van der Waals surface area (Å²) in [5.41, 5.74) is 8.36. The second-order valence-corrected chi connectivity index (χ2v) is 12.3. The molecule has 4 aromatic rings. The number of nitrogen functional groups attached to an aromatic ring is 1. The van der Waals surface area contributed by atoms with E-state index in [4.69, 9.17) is 20.3 Å². The van der Waals surface area contributed by atoms with Gasteiger partial charge in [0.1, 0.15) is 34.9 Å². The number of para-hydroxylation sites is 1. The van der Waals surface area contributed by atoms with Crippen molar-refractivity contribution >= 4 is 22.9 Å². The molecule has 2 fully saturated rings. The number of rotatable bonds is 5. The number of carbonyl (C=O) groups is 1. The van der Waals surface area contributed by atoms with Gasteiger partial charge in [0, 0.05) is 37.3 Å². The van der Waals surface area contributed by atoms with E-state index in [0.717, 1.165) is 66.1 Å². The molecule has 10 heteroatoms. The van der Waals surface area contributed by atoms with Crippen molar-refractivity contribution in [2.24, 2.45) is 0 Å². The van der Waals surface area contributed by atoms with Gasteiger partial charge in [-0.3, -0.25) is 4.90 Å². The topological polar surface area (TPSA) is 112 Å². The van der Waals surface area contributed by atoms with Crippen molar-refractivity contribution in [3.05, 3.63) is 60.9 Å². The van der Waals surface area contributed by atoms with Gasteiger partial charge in [-0.25, -0.2) is 19.4 Å². The van der Waals surface area contributed by atoms with E-state index >= 15 is 0 Å². The van der Waals surface area contributed by atoms with E-state index in [0.29, 0.717) is 18.4 Å². The molecule has 3 atom stereocenters. The molecule has 2 aromatic heterocycles. The summed E-state index contributed by atoms with van der Waals surface area (Å²) < 4.78 is 13.7. The van der Waals surface area contributed by atoms with Crippen LogP contribution in [0.4, 0.5) is 10.6 Å². The molecule has 1 aliphatic carbocycles. The predicted molar refractivity (Wildman–Crippen MR) is 162 cm³/mol. The molecule has 10 nitrogen and oxygen atoms in total. The molecule has 2 aromatic carbocycles. The van der Waals surface area contributed by atoms with Crippen LogP contribution in [0.25, 0.3) is 22.3 Å². The Morgan fingerprint density at radius 3 is 2.38 bits per heavy atom. The summed E-state index contributed by atoms with van der Waals surface area (Å²) in [6, 6.07) is 18.3. The lowest BCUT2D eigenvalue weighted by Gasteiger charge is -2.42. The minimum atomic E-state index is -0.497. The van der Waals surface area contributed by atoms with E-state index in [1.807, 2.05) is 80.3 Å². The van der Waals surface area contributed by atoms with Crippen LogP contribution in [-0.2, 0) is 4.74 Å². The first-order valence-electron chi connectivity index (χ1n) is 14.7. The maximum absolute atomic E-state index is 12.7. The van der Waals surface area contributed by atoms with Crippen LogP contribution < -0.4 is 10.5 Å². The molecular weight excluding hydrogens is 530 g/mol. The molecule has 0 spiro atoms. The lowest BCUT2D eigenvalue weighted by atomic mass is 10.1. The Morgan fingerprint density at radius 2 is 1.67 bits per heavy atom. The number of fused-ring (bicyclic) bond motifs is 1. The van der Waals surface area contributed by atoms with Gasteiger partial charge in [0.25, 0.3) is 0 Å². The van der Waals surface area contributed by atoms with Gasteiger partial charge in [-0.05, 0) is 83.4 Å². The highest BCUT2D eigenvalue weighted by Gasteiger charge is 2.37. The van der Waals surface area contributed by atoms with Crippen LogP contribution in [0.1, 0.15) is 53.0 Å². The van der Waals surface area contributed by atoms with Gasteiger partial charge in [-0.1, -0.05) is 18.2 Å². The molecule has 42 heavy (non-hydrogen) atoms. The zero-order chi connectivity index (χ0) is 29.4. The highest BCUT2D eigenvalue weighted by atomic mass is 16.6. The highest BCUT2D eigenvalue weighted by Crippen LogP contribution is 2.39. The molecule has 0 bridgehead atoms. The summed E-state index contributed by atoms with van der Waals surface area (Å²) in [6.45, 7) is 10.1. The molecule has 1 aliphatic heterocycles. The first-order valence-corrected chi connectivity index (χ1v) is 14.7. The Morgan fingerprint density at radius 1 is 0.952 bits per heavy atom. The second kappa shape index (κ2) is 11.2. The zero-order valence-electron chi connectivity index (χ0n) is 24.7. The van der Waals surface area contributed by atoms with Gasteiger partial charge in [-0.15, -0.1) is 0 Å². The molecule has 3 heterocycles. The van der Waals surface area contributed by atoms with Gasteiger partial charge in [-0.2, -0.15) is 5.10 Å². The first-order chi connectivity index (χ1) is 20.2. The lowest BCUT2D eigenvalue weighted by molar-refractivity contribution is -0.00424. The van der Waals surface area contributed by atoms with Gasteiger partial charge in [0.2, 0.25) is 0 Å². The van der Waals surface area contributed by atoms with E-state index in [-0.39, 0.29) is 18.2 Å². The van der Waals surface area contributed by atoms with Crippen LogP contribution in [0.5, 0.6) is 11.5 Å². The molecule has 0 radical (unpaired) electrons. The fraction of sp³-hybridized carbons (Fsp3) is 0.438. The number of amides is 1. The molecule has 2 aliphatic rings. The quantitative estimate of drug-likeness (QED) is 0.316. The molecule has 1 saturated carbocycles. The number of piperazine rings is 1. The van der Waals surface area contributed by atoms with Gasteiger partial charge in [0.05, 0.1) is 11.4 Å². The van der Waals surface area contributed by atoms with Crippen LogP contribution in [0.3, 0.4) is 0 Å². The monoisotopic (exact) mass is 569 g/mol. The molecule has 6 rings (SSSR count). The average molecular weight is 570 g/mol. The number of ether oxygens (including phenoxy) is 2. The Labute approximate surface area is 246 Å². The summed E-state index contributed by atoms with van der Waals surface area (Å²) in [5.74, 6) is 1.96. The van der Waals surface area contributed by atoms with Crippen LogP contribution in [0.2, 0.25) is 0 Å². The third-order valence-corrected chi connectivity index (χ3v) is 8.15. The smallest absolute Gasteiger partial charge is 0.410 e. The van der Waals surface area contributed by atoms with Crippen molar-refractivity contribution in [3.8, 4) is 22.8 Å². The van der Waals surface area contributed by atoms with Gasteiger partial charge >= 0.3 is 6.09 Å². The van der Waals surface area contributed by atoms with E-state index in [1.54, 1.807) is 0 Å². The maximum atomic E-state index is 12.7. The predicted octanol–water partition coefficient (Wildman–Crippen LogP) is 5.90. The molecular formula is C32H39N7O3. The normalized spacial score (nSPS) is 21.5. The minimum Gasteiger partial charge on any atom is -0.457 e. The summed E-state index contributed by atoms with van der Waals surface area (Å²) in [5, 5.41) is 5.86. The lowest BCUT2D eigenvalue weighted by Crippen LogP contribution is -2.56. The zero-order valence-corrected chi connectivity index (χ0v) is 24.7. The van der Waals surface area contributed by atoms with Gasteiger partial charge in [0.15, 0.2) is 5.65 Å². The Kier molecular flexibility index (Phi) is 7.49. The molecule has 1 saturated heterocycles. The minimum absolute atomic E-state index is 0.0890. The van der Waals surface area contributed by atoms with E-state index in [2.05, 4.69) is 26.5 Å². The fourth-order valence-corrected chi connectivity index (χ4v) is 6.16. The van der Waals surface area contributed by atoms with E-state index in [9.17, 15) is 4.79 Å². The third kappa shape index (κ3) is 5.76. The van der Waals surface area contributed by atoms with E-state index in [1.165, 1.54) is 6.33 Å². The molecule has 1 amide bonds. The first kappa shape index (κ1) is 28.0. The van der Waals surface area contributed by atoms with Crippen molar-refractivity contribution in [1.29, 1.82) is 0 Å². The van der Waals surface area contributed by atoms with Crippen molar-refractivity contribution in [2.75, 3.05) is 25.4 Å². The van der Waals surface area contributed by atoms with Crippen molar-refractivity contribution in [1.82, 2.24) is 29.5 Å². The highest BCUT2D eigenvalue weighted by molar-refractivity contribution is 5.98. The summed E-state index contributed by atoms with van der Waals surface area (Å²) >= 11 is 0. The van der Waals surface area contributed by atoms with Gasteiger partial charge < -0.3 is 20.1 Å². The Bertz CT molecular complexity index is 1550. The number of benzene rings is 2. The van der Waals surface area contributed by atoms with E-state index < -0.39 is 5.60 Å². The number of hydrogen-bond donors (Lipinski definition) is 1. The molecule has 220 valence electrons. The van der Waals surface area contributed by atoms with Crippen molar-refractivity contribution in [3.63, 3.8) is 0 Å². The number of nitrogens with two attached hydrogens (primary N) is 1. The van der Waals surface area contributed by atoms with Crippen LogP contribution in [-0.4, -0.2) is 73.0 Å². The van der Waals surface area contributed by atoms with Crippen LogP contribution >= 0.6 is 0 Å². The average Bonchev–Trinajstić information content (AvgIpc) is 3.59. The van der Waals surface area contributed by atoms with Crippen molar-refractivity contribution < 1.29 is 14.3 Å². The summed E-state index contributed by atoms with van der Waals surface area (Å²) in [6.07, 6.45) is 4.30. The number of nitrogens with zero attached hydrogens (tertiary/aromatic N) is 6. The number of carbonyl (C=O) groups excluding carboxylic acids is 1. The summed E-state index contributed by atoms with van der Waals surface area (Å²) in [7, 11) is 0. The second-order valence-electron chi connectivity index (χ2n) is 12.3. The van der Waals surface area contributed by atoms with Crippen molar-refractivity contribution in [2.45, 2.75) is 70.7 Å². The SMILES string of the molecule is C[C@H]1CN([C@H]2CC[C@H](n3nc(-c4ccc(Oc5ccccc5)cc4)c4c(N)ncnc43)C2)CCN1C(=O)OC(C)(C)C. The Balaban J connectivity index is 1.18. The standard InChI is InChI=1S/C32H39N7O3/c1-21-19-37(16-17-38(21)31(40)42-32(2,3)4)23-12-13-24(18-23)39-30-27(29(33)34-20-35-30)28(36-39)22-10-14-26(15-11-22)41-25-8-6-5-7-9-25/h5-11,14-15,20-21,23-24H,12-13,16-19H2,1-4H3,(H2,33,34,35)/t21-,23-,24-/m0/s1. The number of aromatic nitrogens is 4. The maximum Gasteiger partial charge on any atom is 0.410 e. The number of hydrogen-bond acceptors (Lipinski definition) is 8. The third-order valence-electron chi connectivity index (χ3n) is 8.15. The molecule has 0 unspecified atom stereocenters. The largest absolute Gasteiger partial charge is 0.457 e. The fourth-order valence-electron chi connectivity index (χ4n) is 6.16. The summed E-state index contributed by atoms with van der Waals surface area (Å²) in [4.78, 5) is 26.0. The molecule has 2 N–H and O–H groups in total.